The summed E-state index contributed by atoms with van der Waals surface area (Å²) in [4.78, 5) is 162. The molecule has 5 amide bonds. The van der Waals surface area contributed by atoms with Crippen LogP contribution in [0.15, 0.2) is 0 Å². The van der Waals surface area contributed by atoms with Crippen molar-refractivity contribution in [2.75, 3.05) is 58.9 Å². The Kier molecular flexibility index (Phi) is 55.7. The van der Waals surface area contributed by atoms with E-state index in [9.17, 15) is 28.8 Å². The van der Waals surface area contributed by atoms with Gasteiger partial charge in [0.2, 0.25) is 29.5 Å². The quantitative estimate of drug-likeness (QED) is 0.0257. The van der Waals surface area contributed by atoms with Crippen molar-refractivity contribution in [2.24, 2.45) is 0 Å². The maximum Gasteiger partial charge on any atom is 0.362 e. The number of esters is 5. The number of carbonyl (C=O) groups excluding carboxylic acids is 10. The molecule has 0 aromatic carbocycles. The van der Waals surface area contributed by atoms with E-state index in [1.54, 1.807) is 4.90 Å². The van der Waals surface area contributed by atoms with E-state index in [-0.39, 0.29) is 66.7 Å². The molecule has 142 heavy (non-hydrogen) atoms. The van der Waals surface area contributed by atoms with Gasteiger partial charge in [-0.25, -0.2) is 9.59 Å². The first-order chi connectivity index (χ1) is 66.8. The van der Waals surface area contributed by atoms with Gasteiger partial charge in [-0.15, -0.1) is 0 Å². The topological polar surface area (TPSA) is 248 Å². The summed E-state index contributed by atoms with van der Waals surface area (Å²) in [5.74, 6) is -2.54. The standard InChI is InChI=1S/C119H219N8O15/c1-26-31-36-41-46-51-56-61-66-71-100(128)122-110(6,7)80-95(81-111(122,8)9)138-105(133)90-120-76-78-127(93-108(136)141-98-86-116(18,19)125(117(20,21)87-98)103(131)74-69-64-59-54-49-44-39-34-29-4,94-109(137)142-99-88-118(22,23)126(119(24,25)89-99)104(132)75-70-65-60-55-50-45-40-35-30-5)79-77-121(91-106(134)139-96-82-112(10,11)123(113(12,13)83-96)101(129)72-67-62-57-52-47-42-37-32-27-2)92-107(135)140-97-84-114(14,15)124(115(16,17)85-97)102(130)73-68-63-58-53-48-43-38-33-28-3/h95-99,120H,26-94H2,1-25H3/q+1. The van der Waals surface area contributed by atoms with Gasteiger partial charge >= 0.3 is 29.8 Å². The molecule has 0 atom stereocenters. The smallest absolute Gasteiger partial charge is 0.362 e. The highest BCUT2D eigenvalue weighted by Gasteiger charge is 2.55. The lowest BCUT2D eigenvalue weighted by Crippen LogP contribution is -2.65. The third-order valence-corrected chi connectivity index (χ3v) is 32.1. The number of likely N-dealkylation sites (tertiary alicyclic amines) is 5. The molecule has 0 aromatic rings. The van der Waals surface area contributed by atoms with Crippen molar-refractivity contribution in [3.63, 3.8) is 0 Å². The molecule has 23 heteroatoms. The summed E-state index contributed by atoms with van der Waals surface area (Å²) in [5.41, 5.74) is -7.02. The second-order valence-electron chi connectivity index (χ2n) is 51.3. The van der Waals surface area contributed by atoms with Gasteiger partial charge in [-0.3, -0.25) is 43.3 Å². The summed E-state index contributed by atoms with van der Waals surface area (Å²) in [6.45, 7) is 50.2. The van der Waals surface area contributed by atoms with Crippen molar-refractivity contribution in [1.82, 2.24) is 34.7 Å². The summed E-state index contributed by atoms with van der Waals surface area (Å²) in [5, 5.41) is 3.39. The van der Waals surface area contributed by atoms with Crippen LogP contribution in [-0.4, -0.2) is 238 Å². The summed E-state index contributed by atoms with van der Waals surface area (Å²) < 4.78 is 33.0. The lowest BCUT2D eigenvalue weighted by atomic mass is 9.77. The molecule has 0 aromatic heterocycles. The Labute approximate surface area is 868 Å². The SMILES string of the molecule is CCCCCCCCCCCC(=O)N1C(C)(C)CC(OC(=O)CNCC[N+](CCN(CC(=O)OC2CC(C)(C)N(C(=O)CCCCCCCCCCC)C(C)(C)C2)CC(=O)OC2CC(C)(C)N(C(=O)CCCCCCCCCCC)C(C)(C)C2)(CC(=O)OC2CC(C)(C)N(C(=O)CCCCCCCCCCC)C(C)(C)C2)CC(=O)OC2CC(C)(C)N(C(=O)CCCCCCCCCCC)C(C)(C)C2)CC1(C)C. The van der Waals surface area contributed by atoms with Crippen LogP contribution in [0.1, 0.15) is 558 Å². The molecule has 23 nitrogen and oxygen atoms in total. The molecule has 0 bridgehead atoms. The number of ether oxygens (including phenoxy) is 5. The molecule has 0 radical (unpaired) electrons. The number of piperidine rings is 5. The van der Waals surface area contributed by atoms with Crippen molar-refractivity contribution >= 4 is 59.4 Å². The van der Waals surface area contributed by atoms with E-state index < -0.39 is 142 Å². The second kappa shape index (κ2) is 62.3. The molecule has 5 fully saturated rings. The second-order valence-corrected chi connectivity index (χ2v) is 51.3. The predicted octanol–water partition coefficient (Wildman–Crippen LogP) is 26.8. The van der Waals surface area contributed by atoms with Crippen LogP contribution in [0.25, 0.3) is 0 Å². The molecular weight excluding hydrogens is 1780 g/mol. The molecular formula is C119H219N8O15+. The summed E-state index contributed by atoms with van der Waals surface area (Å²) in [6, 6.07) is 0. The molecule has 5 saturated heterocycles. The highest BCUT2D eigenvalue weighted by atomic mass is 16.6. The summed E-state index contributed by atoms with van der Waals surface area (Å²) >= 11 is 0. The van der Waals surface area contributed by atoms with Gasteiger partial charge in [0.25, 0.3) is 0 Å². The maximum atomic E-state index is 15.9. The van der Waals surface area contributed by atoms with E-state index in [2.05, 4.69) is 67.6 Å². The number of hydrogen-bond donors (Lipinski definition) is 1. The predicted molar refractivity (Wildman–Crippen MR) is 579 cm³/mol. The van der Waals surface area contributed by atoms with Crippen LogP contribution in [0.4, 0.5) is 0 Å². The third kappa shape index (κ3) is 44.8. The van der Waals surface area contributed by atoms with Crippen molar-refractivity contribution in [1.29, 1.82) is 0 Å². The van der Waals surface area contributed by atoms with E-state index in [4.69, 9.17) is 23.7 Å². The fourth-order valence-corrected chi connectivity index (χ4v) is 26.8. The molecule has 5 aliphatic heterocycles. The van der Waals surface area contributed by atoms with E-state index in [1.807, 2.05) is 135 Å². The molecule has 0 spiro atoms. The Hall–Kier alpha value is -5.42. The summed E-state index contributed by atoms with van der Waals surface area (Å²) in [6.07, 6.45) is 54.0. The first-order valence-corrected chi connectivity index (χ1v) is 58.7. The average Bonchev–Trinajstić information content (AvgIpc) is 0.776. The normalized spacial score (nSPS) is 19.4. The highest BCUT2D eigenvalue weighted by Crippen LogP contribution is 2.47. The Morgan fingerprint density at radius 2 is 0.408 bits per heavy atom. The van der Waals surface area contributed by atoms with E-state index in [0.717, 1.165) is 122 Å². The molecule has 0 saturated carbocycles. The fourth-order valence-electron chi connectivity index (χ4n) is 26.8. The van der Waals surface area contributed by atoms with Crippen LogP contribution >= 0.6 is 0 Å². The zero-order valence-electron chi connectivity index (χ0n) is 96.4. The first-order valence-electron chi connectivity index (χ1n) is 58.7. The number of nitrogens with one attached hydrogen (secondary N) is 1. The van der Waals surface area contributed by atoms with E-state index in [1.165, 1.54) is 167 Å². The van der Waals surface area contributed by atoms with Gasteiger partial charge in [0.1, 0.15) is 30.5 Å². The summed E-state index contributed by atoms with van der Waals surface area (Å²) in [7, 11) is 0. The average molecular weight is 2000 g/mol. The molecule has 0 unspecified atom stereocenters. The minimum absolute atomic E-state index is 0.0203. The molecule has 1 N–H and O–H groups in total. The Morgan fingerprint density at radius 3 is 0.599 bits per heavy atom. The molecule has 5 aliphatic rings. The number of rotatable bonds is 71. The number of carbonyl (C=O) groups is 10. The molecule has 5 rings (SSSR count). The van der Waals surface area contributed by atoms with Crippen molar-refractivity contribution in [3.8, 4) is 0 Å². The monoisotopic (exact) mass is 2000 g/mol. The number of quaternary nitrogens is 1. The third-order valence-electron chi connectivity index (χ3n) is 32.1. The largest absolute Gasteiger partial charge is 0.461 e. The minimum Gasteiger partial charge on any atom is -0.461 e. The zero-order valence-corrected chi connectivity index (χ0v) is 96.4. The molecule has 824 valence electrons. The zero-order chi connectivity index (χ0) is 106. The molecule has 0 aliphatic carbocycles. The van der Waals surface area contributed by atoms with Gasteiger partial charge in [0, 0.05) is 165 Å². The Balaban J connectivity index is 1.58. The van der Waals surface area contributed by atoms with Crippen LogP contribution < -0.4 is 5.32 Å². The number of nitrogens with zero attached hydrogens (tertiary/aromatic N) is 7. The Bertz CT molecular complexity index is 3440. The van der Waals surface area contributed by atoms with Crippen molar-refractivity contribution in [2.45, 2.75) is 644 Å². The van der Waals surface area contributed by atoms with Gasteiger partial charge in [0.05, 0.1) is 32.7 Å². The van der Waals surface area contributed by atoms with Crippen molar-refractivity contribution in [3.05, 3.63) is 0 Å². The van der Waals surface area contributed by atoms with Crippen LogP contribution in [0.3, 0.4) is 0 Å². The lowest BCUT2D eigenvalue weighted by molar-refractivity contribution is -0.913. The Morgan fingerprint density at radius 1 is 0.239 bits per heavy atom. The van der Waals surface area contributed by atoms with Crippen LogP contribution in [0, 0.1) is 0 Å². The van der Waals surface area contributed by atoms with E-state index >= 15 is 19.2 Å². The van der Waals surface area contributed by atoms with Crippen LogP contribution in [0.2, 0.25) is 0 Å². The number of amides is 5. The van der Waals surface area contributed by atoms with Crippen LogP contribution in [0.5, 0.6) is 0 Å². The minimum atomic E-state index is -0.735. The number of hydrogen-bond acceptors (Lipinski definition) is 17. The van der Waals surface area contributed by atoms with Gasteiger partial charge in [-0.1, -0.05) is 291 Å². The van der Waals surface area contributed by atoms with E-state index in [0.29, 0.717) is 96.3 Å². The maximum absolute atomic E-state index is 15.9. The van der Waals surface area contributed by atoms with Gasteiger partial charge in [-0.05, 0) is 171 Å². The lowest BCUT2D eigenvalue weighted by Gasteiger charge is -2.55. The van der Waals surface area contributed by atoms with Crippen LogP contribution in [-0.2, 0) is 71.6 Å². The first kappa shape index (κ1) is 127. The van der Waals surface area contributed by atoms with Gasteiger partial charge in [0.15, 0.2) is 13.1 Å². The van der Waals surface area contributed by atoms with Gasteiger partial charge < -0.3 is 58.0 Å². The van der Waals surface area contributed by atoms with Gasteiger partial charge in [-0.2, -0.15) is 0 Å². The van der Waals surface area contributed by atoms with Crippen molar-refractivity contribution < 1.29 is 76.1 Å². The highest BCUT2D eigenvalue weighted by molar-refractivity contribution is 5.82. The number of unbranched alkanes of at least 4 members (excludes halogenated alkanes) is 40. The fraction of sp³-hybridized carbons (Fsp3) is 0.916. The molecule has 5 heterocycles.